The molecule has 1 aromatic carbocycles. The first-order valence-corrected chi connectivity index (χ1v) is 10.9. The molecule has 0 aliphatic rings. The Morgan fingerprint density at radius 2 is 1.46 bits per heavy atom. The molecule has 4 nitrogen and oxygen atoms in total. The summed E-state index contributed by atoms with van der Waals surface area (Å²) in [5.41, 5.74) is 0.933. The molecular formula is C24H38O4. The Hall–Kier alpha value is -1.84. The summed E-state index contributed by atoms with van der Waals surface area (Å²) < 4.78 is 11.3. The SMILES string of the molecule is CCCCCCc1cccc(OC(=O)CCC(C)C)c1OC(=O)CCC(C)C. The number of benzene rings is 1. The molecule has 0 atom stereocenters. The Morgan fingerprint density at radius 3 is 2.04 bits per heavy atom. The minimum atomic E-state index is -0.281. The fourth-order valence-electron chi connectivity index (χ4n) is 2.85. The minimum absolute atomic E-state index is 0.269. The number of unbranched alkanes of at least 4 members (excludes halogenated alkanes) is 3. The minimum Gasteiger partial charge on any atom is -0.423 e. The molecule has 0 saturated carbocycles. The van der Waals surface area contributed by atoms with Gasteiger partial charge in [-0.2, -0.15) is 0 Å². The highest BCUT2D eigenvalue weighted by atomic mass is 16.6. The Bertz CT molecular complexity index is 605. The Labute approximate surface area is 171 Å². The van der Waals surface area contributed by atoms with Crippen LogP contribution in [0.1, 0.15) is 91.5 Å². The second kappa shape index (κ2) is 13.4. The summed E-state index contributed by atoms with van der Waals surface area (Å²) in [4.78, 5) is 24.6. The van der Waals surface area contributed by atoms with Crippen LogP contribution in [0.25, 0.3) is 0 Å². The van der Waals surface area contributed by atoms with Crippen LogP contribution in [-0.2, 0) is 16.0 Å². The lowest BCUT2D eigenvalue weighted by molar-refractivity contribution is -0.137. The maximum Gasteiger partial charge on any atom is 0.311 e. The van der Waals surface area contributed by atoms with E-state index < -0.39 is 0 Å². The van der Waals surface area contributed by atoms with Crippen LogP contribution in [0.15, 0.2) is 18.2 Å². The molecule has 0 fully saturated rings. The number of carbonyl (C=O) groups is 2. The summed E-state index contributed by atoms with van der Waals surface area (Å²) in [7, 11) is 0. The number of carbonyl (C=O) groups excluding carboxylic acids is 2. The van der Waals surface area contributed by atoms with Gasteiger partial charge in [0.15, 0.2) is 11.5 Å². The summed E-state index contributed by atoms with van der Waals surface area (Å²) in [5.74, 6) is 1.10. The standard InChI is InChI=1S/C24H38O4/c1-6-7-8-9-11-20-12-10-13-21(27-22(25)16-14-18(2)3)24(20)28-23(26)17-15-19(4)5/h10,12-13,18-19H,6-9,11,14-17H2,1-5H3. The molecule has 0 unspecified atom stereocenters. The normalized spacial score (nSPS) is 11.1. The maximum absolute atomic E-state index is 12.3. The molecule has 28 heavy (non-hydrogen) atoms. The van der Waals surface area contributed by atoms with E-state index in [0.717, 1.165) is 37.7 Å². The Balaban J connectivity index is 2.92. The summed E-state index contributed by atoms with van der Waals surface area (Å²) in [6.07, 6.45) is 7.61. The van der Waals surface area contributed by atoms with Gasteiger partial charge in [-0.1, -0.05) is 66.0 Å². The first-order valence-electron chi connectivity index (χ1n) is 10.9. The molecule has 0 heterocycles. The van der Waals surface area contributed by atoms with Crippen molar-refractivity contribution in [1.82, 2.24) is 0 Å². The van der Waals surface area contributed by atoms with Crippen LogP contribution in [0.2, 0.25) is 0 Å². The van der Waals surface area contributed by atoms with Crippen LogP contribution in [-0.4, -0.2) is 11.9 Å². The third-order valence-corrected chi connectivity index (χ3v) is 4.65. The van der Waals surface area contributed by atoms with E-state index in [1.807, 2.05) is 12.1 Å². The first kappa shape index (κ1) is 24.2. The molecule has 1 aromatic rings. The van der Waals surface area contributed by atoms with Gasteiger partial charge in [0.2, 0.25) is 0 Å². The van der Waals surface area contributed by atoms with Crippen LogP contribution in [0.3, 0.4) is 0 Å². The van der Waals surface area contributed by atoms with Gasteiger partial charge in [0.05, 0.1) is 0 Å². The van der Waals surface area contributed by atoms with Gasteiger partial charge in [0.1, 0.15) is 0 Å². The van der Waals surface area contributed by atoms with E-state index in [1.54, 1.807) is 6.07 Å². The van der Waals surface area contributed by atoms with Gasteiger partial charge in [0, 0.05) is 12.8 Å². The van der Waals surface area contributed by atoms with Crippen molar-refractivity contribution >= 4 is 11.9 Å². The molecule has 0 N–H and O–H groups in total. The van der Waals surface area contributed by atoms with Crippen molar-refractivity contribution in [3.05, 3.63) is 23.8 Å². The lowest BCUT2D eigenvalue weighted by atomic mass is 10.0. The van der Waals surface area contributed by atoms with Gasteiger partial charge in [-0.05, 0) is 49.1 Å². The van der Waals surface area contributed by atoms with Gasteiger partial charge < -0.3 is 9.47 Å². The number of rotatable bonds is 13. The maximum atomic E-state index is 12.3. The van der Waals surface area contributed by atoms with Gasteiger partial charge in [0.25, 0.3) is 0 Å². The Morgan fingerprint density at radius 1 is 0.857 bits per heavy atom. The van der Waals surface area contributed by atoms with Crippen LogP contribution >= 0.6 is 0 Å². The van der Waals surface area contributed by atoms with E-state index in [2.05, 4.69) is 34.6 Å². The zero-order valence-electron chi connectivity index (χ0n) is 18.4. The molecule has 0 bridgehead atoms. The van der Waals surface area contributed by atoms with Gasteiger partial charge >= 0.3 is 11.9 Å². The fourth-order valence-corrected chi connectivity index (χ4v) is 2.85. The third kappa shape index (κ3) is 9.91. The number of esters is 2. The summed E-state index contributed by atoms with van der Waals surface area (Å²) in [6, 6.07) is 5.54. The second-order valence-corrected chi connectivity index (χ2v) is 8.37. The van der Waals surface area contributed by atoms with Crippen molar-refractivity contribution in [1.29, 1.82) is 0 Å². The number of para-hydroxylation sites is 1. The molecule has 1 rings (SSSR count). The lowest BCUT2D eigenvalue weighted by Gasteiger charge is -2.15. The predicted molar refractivity (Wildman–Crippen MR) is 114 cm³/mol. The van der Waals surface area contributed by atoms with E-state index >= 15 is 0 Å². The topological polar surface area (TPSA) is 52.6 Å². The van der Waals surface area contributed by atoms with E-state index in [-0.39, 0.29) is 11.9 Å². The molecule has 0 aromatic heterocycles. The quantitative estimate of drug-likeness (QED) is 0.219. The Kier molecular flexibility index (Phi) is 11.5. The monoisotopic (exact) mass is 390 g/mol. The van der Waals surface area contributed by atoms with Crippen LogP contribution in [0.4, 0.5) is 0 Å². The van der Waals surface area contributed by atoms with Crippen molar-refractivity contribution in [3.63, 3.8) is 0 Å². The van der Waals surface area contributed by atoms with Gasteiger partial charge in [-0.15, -0.1) is 0 Å². The number of ether oxygens (including phenoxy) is 2. The average molecular weight is 391 g/mol. The summed E-state index contributed by atoms with van der Waals surface area (Å²) >= 11 is 0. The second-order valence-electron chi connectivity index (χ2n) is 8.37. The largest absolute Gasteiger partial charge is 0.423 e. The molecule has 0 saturated heterocycles. The zero-order valence-corrected chi connectivity index (χ0v) is 18.4. The van der Waals surface area contributed by atoms with Crippen molar-refractivity contribution < 1.29 is 19.1 Å². The zero-order chi connectivity index (χ0) is 20.9. The van der Waals surface area contributed by atoms with Crippen LogP contribution in [0, 0.1) is 11.8 Å². The molecule has 158 valence electrons. The highest BCUT2D eigenvalue weighted by Crippen LogP contribution is 2.33. The molecule has 4 heteroatoms. The molecule has 0 spiro atoms. The van der Waals surface area contributed by atoms with Crippen LogP contribution in [0.5, 0.6) is 11.5 Å². The molecule has 0 amide bonds. The van der Waals surface area contributed by atoms with Crippen molar-refractivity contribution in [2.75, 3.05) is 0 Å². The lowest BCUT2D eigenvalue weighted by Crippen LogP contribution is -2.14. The smallest absolute Gasteiger partial charge is 0.311 e. The van der Waals surface area contributed by atoms with Crippen molar-refractivity contribution in [2.45, 2.75) is 92.4 Å². The molecule has 0 aliphatic carbocycles. The van der Waals surface area contributed by atoms with E-state index in [4.69, 9.17) is 9.47 Å². The summed E-state index contributed by atoms with van der Waals surface area (Å²) in [5, 5.41) is 0. The molecule has 0 aliphatic heterocycles. The fraction of sp³-hybridized carbons (Fsp3) is 0.667. The molecule has 0 radical (unpaired) electrons. The van der Waals surface area contributed by atoms with Crippen molar-refractivity contribution in [2.24, 2.45) is 11.8 Å². The van der Waals surface area contributed by atoms with E-state index in [1.165, 1.54) is 12.8 Å². The third-order valence-electron chi connectivity index (χ3n) is 4.65. The number of hydrogen-bond acceptors (Lipinski definition) is 4. The highest BCUT2D eigenvalue weighted by Gasteiger charge is 2.18. The van der Waals surface area contributed by atoms with Gasteiger partial charge in [-0.25, -0.2) is 0 Å². The average Bonchev–Trinajstić information content (AvgIpc) is 2.64. The van der Waals surface area contributed by atoms with Crippen LogP contribution < -0.4 is 9.47 Å². The summed E-state index contributed by atoms with van der Waals surface area (Å²) in [6.45, 7) is 10.5. The molecular weight excluding hydrogens is 352 g/mol. The predicted octanol–water partition coefficient (Wildman–Crippen LogP) is 6.49. The van der Waals surface area contributed by atoms with Crippen molar-refractivity contribution in [3.8, 4) is 11.5 Å². The first-order chi connectivity index (χ1) is 13.3. The van der Waals surface area contributed by atoms with E-state index in [0.29, 0.717) is 36.2 Å². The number of aryl methyl sites for hydroxylation is 1. The van der Waals surface area contributed by atoms with E-state index in [9.17, 15) is 9.59 Å². The van der Waals surface area contributed by atoms with Gasteiger partial charge in [-0.3, -0.25) is 9.59 Å². The number of hydrogen-bond donors (Lipinski definition) is 0. The highest BCUT2D eigenvalue weighted by molar-refractivity contribution is 5.76.